The first-order valence-corrected chi connectivity index (χ1v) is 33.6. The second-order valence-corrected chi connectivity index (χ2v) is 23.5. The number of hydrogen-bond donors (Lipinski definition) is 9. The highest BCUT2D eigenvalue weighted by Crippen LogP contribution is 2.37. The van der Waals surface area contributed by atoms with Gasteiger partial charge in [0.05, 0.1) is 28.4 Å². The molecule has 582 valence electrons. The standard InChI is InChI=1S/C23H21FN2O5.C22H20FN3O4.C22H19FN2O5.C14H12FN3O4/c1-29-21-19(23(28)30-2)25-13-18(20(21)31-14-16-6-4-3-5-7-16)22(27)26-12-15-8-10-17(24)11-9-15;1-29-20-18(21(24)27)25-12-17(19(20)30-13-15-5-3-2-4-6-15)22(28)26-11-14-7-9-16(23)10-8-14;1-29-20-18(22(27)28)24-12-17(19(20)30-13-15-5-3-2-4-6-15)21(26)25-11-14-7-9-16(23)10-8-14;15-8-3-1-7(2-4-8)5-18-14(22)9-6-17-10(13(16)21)12(20)11(9)19/h3-11,13H,12,14H2,1-2H3,(H,26,27);2-10,12H,11,13H2,1H3,(H2,24,27)(H,26,28);2-10,12H,11,13H2,1H3,(H,25,26)(H,27,28);1-4,6,20H,5H2,(H2,16,21)(H,17,19)(H,18,22). The minimum Gasteiger partial charge on any atom is -0.503 e. The Kier molecular flexibility index (Phi) is 30.6. The molecule has 28 nitrogen and oxygen atoms in total. The third-order valence-electron chi connectivity index (χ3n) is 15.8. The number of ether oxygens (including phenoxy) is 7. The number of pyridine rings is 4. The van der Waals surface area contributed by atoms with Gasteiger partial charge in [-0.25, -0.2) is 42.1 Å². The van der Waals surface area contributed by atoms with E-state index in [2.05, 4.69) is 41.2 Å². The van der Waals surface area contributed by atoms with Gasteiger partial charge >= 0.3 is 11.9 Å². The normalized spacial score (nSPS) is 10.3. The van der Waals surface area contributed by atoms with Crippen LogP contribution in [0.15, 0.2) is 218 Å². The van der Waals surface area contributed by atoms with Gasteiger partial charge in [0, 0.05) is 51.0 Å². The molecule has 0 aliphatic carbocycles. The van der Waals surface area contributed by atoms with E-state index < -0.39 is 70.1 Å². The fraction of sp³-hybridized carbons (Fsp3) is 0.136. The molecular weight excluding hydrogens is 1480 g/mol. The average molecular weight is 1550 g/mol. The van der Waals surface area contributed by atoms with Crippen molar-refractivity contribution in [2.45, 2.75) is 46.0 Å². The van der Waals surface area contributed by atoms with Gasteiger partial charge in [-0.15, -0.1) is 0 Å². The third kappa shape index (κ3) is 23.8. The third-order valence-corrected chi connectivity index (χ3v) is 15.8. The van der Waals surface area contributed by atoms with Gasteiger partial charge in [-0.1, -0.05) is 140 Å². The van der Waals surface area contributed by atoms with Crippen LogP contribution in [-0.4, -0.2) is 106 Å². The number of halogens is 4. The van der Waals surface area contributed by atoms with Gasteiger partial charge in [-0.2, -0.15) is 0 Å². The Balaban J connectivity index is 0.000000190. The molecule has 32 heteroatoms. The van der Waals surface area contributed by atoms with Crippen LogP contribution in [-0.2, 0) is 50.7 Å². The van der Waals surface area contributed by atoms with Crippen molar-refractivity contribution < 1.29 is 99.3 Å². The molecule has 7 aromatic carbocycles. The van der Waals surface area contributed by atoms with E-state index in [1.54, 1.807) is 36.4 Å². The number of esters is 1. The smallest absolute Gasteiger partial charge is 0.360 e. The Morgan fingerprint density at radius 1 is 0.389 bits per heavy atom. The van der Waals surface area contributed by atoms with Gasteiger partial charge in [0.1, 0.15) is 65.3 Å². The van der Waals surface area contributed by atoms with Crippen LogP contribution in [0.2, 0.25) is 0 Å². The molecule has 6 amide bonds. The van der Waals surface area contributed by atoms with E-state index in [9.17, 15) is 70.9 Å². The number of aromatic nitrogens is 4. The van der Waals surface area contributed by atoms with Crippen molar-refractivity contribution in [2.75, 3.05) is 28.4 Å². The highest BCUT2D eigenvalue weighted by Gasteiger charge is 2.29. The maximum Gasteiger partial charge on any atom is 0.360 e. The summed E-state index contributed by atoms with van der Waals surface area (Å²) in [4.78, 5) is 123. The van der Waals surface area contributed by atoms with Crippen molar-refractivity contribution in [3.05, 3.63) is 330 Å². The predicted molar refractivity (Wildman–Crippen MR) is 399 cm³/mol. The number of carbonyl (C=O) groups is 8. The molecular formula is C81H72F4N10O18. The number of hydrogen-bond acceptors (Lipinski definition) is 20. The number of aromatic hydroxyl groups is 1. The summed E-state index contributed by atoms with van der Waals surface area (Å²) < 4.78 is 90.0. The van der Waals surface area contributed by atoms with Gasteiger partial charge < -0.3 is 81.1 Å². The summed E-state index contributed by atoms with van der Waals surface area (Å²) in [7, 11) is 5.17. The second kappa shape index (κ2) is 41.4. The number of amides is 6. The summed E-state index contributed by atoms with van der Waals surface area (Å²) in [5.74, 6) is -8.63. The molecule has 4 heterocycles. The first kappa shape index (κ1) is 83.7. The number of aromatic carboxylic acids is 1. The molecule has 0 saturated carbocycles. The van der Waals surface area contributed by atoms with Gasteiger partial charge in [-0.3, -0.25) is 33.6 Å². The fourth-order valence-electron chi connectivity index (χ4n) is 10.1. The minimum atomic E-state index is -1.31. The van der Waals surface area contributed by atoms with Crippen LogP contribution >= 0.6 is 0 Å². The van der Waals surface area contributed by atoms with Gasteiger partial charge in [-0.05, 0) is 87.5 Å². The number of nitrogens with one attached hydrogen (secondary N) is 5. The molecule has 11 aromatic rings. The Labute approximate surface area is 641 Å². The molecule has 113 heavy (non-hydrogen) atoms. The van der Waals surface area contributed by atoms with Crippen molar-refractivity contribution >= 4 is 47.4 Å². The van der Waals surface area contributed by atoms with Crippen molar-refractivity contribution in [1.82, 2.24) is 41.2 Å². The number of benzene rings is 7. The number of methoxy groups -OCH3 is 4. The highest BCUT2D eigenvalue weighted by molar-refractivity contribution is 6.03. The summed E-state index contributed by atoms with van der Waals surface area (Å²) in [6, 6.07) is 50.4. The van der Waals surface area contributed by atoms with Crippen LogP contribution in [0.1, 0.15) is 122 Å². The Morgan fingerprint density at radius 3 is 0.973 bits per heavy atom. The summed E-state index contributed by atoms with van der Waals surface area (Å²) in [5.41, 5.74) is 13.3. The summed E-state index contributed by atoms with van der Waals surface area (Å²) in [6.45, 7) is 0.906. The first-order chi connectivity index (χ1) is 54.4. The lowest BCUT2D eigenvalue weighted by Crippen LogP contribution is -2.29. The topological polar surface area (TPSA) is 413 Å². The lowest BCUT2D eigenvalue weighted by molar-refractivity contribution is 0.0586. The van der Waals surface area contributed by atoms with Gasteiger partial charge in [0.15, 0.2) is 63.0 Å². The Bertz CT molecular complexity index is 5040. The number of primary amides is 2. The van der Waals surface area contributed by atoms with Crippen LogP contribution in [0.5, 0.6) is 40.2 Å². The van der Waals surface area contributed by atoms with Crippen molar-refractivity contribution in [2.24, 2.45) is 11.5 Å². The van der Waals surface area contributed by atoms with Crippen LogP contribution in [0.25, 0.3) is 0 Å². The number of nitrogens with two attached hydrogens (primary N) is 2. The molecule has 0 radical (unpaired) electrons. The molecule has 0 spiro atoms. The van der Waals surface area contributed by atoms with Crippen molar-refractivity contribution in [3.63, 3.8) is 0 Å². The van der Waals surface area contributed by atoms with E-state index in [1.165, 1.54) is 101 Å². The maximum absolute atomic E-state index is 13.1. The average Bonchev–Trinajstić information content (AvgIpc) is 0.811. The molecule has 0 aliphatic rings. The first-order valence-electron chi connectivity index (χ1n) is 33.6. The van der Waals surface area contributed by atoms with Crippen molar-refractivity contribution in [1.29, 1.82) is 0 Å². The zero-order valence-corrected chi connectivity index (χ0v) is 60.6. The molecule has 0 atom stereocenters. The van der Waals surface area contributed by atoms with Crippen LogP contribution < -0.4 is 66.6 Å². The number of rotatable bonds is 28. The minimum absolute atomic E-state index is 0.00258. The Hall–Kier alpha value is -15.0. The quantitative estimate of drug-likeness (QED) is 0.0162. The van der Waals surface area contributed by atoms with Gasteiger partial charge in [0.2, 0.25) is 5.43 Å². The SMILES string of the molecule is COC(=O)c1ncc(C(=O)NCc2ccc(F)cc2)c(OCc2ccccc2)c1OC.COc1c(C(=O)O)ncc(C(=O)NCc2ccc(F)cc2)c1OCc1ccccc1.COc1c(C(N)=O)ncc(C(=O)NCc2ccc(F)cc2)c1OCc1ccccc1.NC(=O)c1[nH]cc(C(=O)NCc2ccc(F)cc2)c(=O)c1O. The van der Waals surface area contributed by atoms with E-state index >= 15 is 0 Å². The van der Waals surface area contributed by atoms with Gasteiger partial charge in [0.25, 0.3) is 35.4 Å². The van der Waals surface area contributed by atoms with Crippen LogP contribution in [0, 0.1) is 23.3 Å². The number of nitrogens with zero attached hydrogens (tertiary/aromatic N) is 3. The van der Waals surface area contributed by atoms with E-state index in [1.807, 2.05) is 91.0 Å². The number of H-pyrrole nitrogens is 1. The molecule has 0 bridgehead atoms. The monoisotopic (exact) mass is 1550 g/mol. The Morgan fingerprint density at radius 2 is 0.681 bits per heavy atom. The lowest BCUT2D eigenvalue weighted by Gasteiger charge is -2.17. The maximum atomic E-state index is 13.1. The van der Waals surface area contributed by atoms with E-state index in [0.717, 1.165) is 29.1 Å². The van der Waals surface area contributed by atoms with Crippen LogP contribution in [0.3, 0.4) is 0 Å². The largest absolute Gasteiger partial charge is 0.503 e. The molecule has 11 rings (SSSR count). The zero-order valence-electron chi connectivity index (χ0n) is 60.6. The predicted octanol–water partition coefficient (Wildman–Crippen LogP) is 10.0. The molecule has 0 fully saturated rings. The van der Waals surface area contributed by atoms with Crippen molar-refractivity contribution in [3.8, 4) is 40.2 Å². The summed E-state index contributed by atoms with van der Waals surface area (Å²) in [5, 5.41) is 29.5. The summed E-state index contributed by atoms with van der Waals surface area (Å²) >= 11 is 0. The van der Waals surface area contributed by atoms with Crippen LogP contribution in [0.4, 0.5) is 17.6 Å². The summed E-state index contributed by atoms with van der Waals surface area (Å²) in [6.07, 6.45) is 4.56. The number of carboxylic acid groups (broad SMARTS) is 1. The number of carbonyl (C=O) groups excluding carboxylic acids is 7. The molecule has 0 saturated heterocycles. The molecule has 0 aliphatic heterocycles. The fourth-order valence-corrected chi connectivity index (χ4v) is 10.1. The highest BCUT2D eigenvalue weighted by atomic mass is 19.1. The number of carboxylic acids is 1. The van der Waals surface area contributed by atoms with E-state index in [4.69, 9.17) is 44.6 Å². The lowest BCUT2D eigenvalue weighted by atomic mass is 10.1. The van der Waals surface area contributed by atoms with E-state index in [0.29, 0.717) is 22.3 Å². The molecule has 4 aromatic heterocycles. The zero-order chi connectivity index (χ0) is 81.5. The number of aromatic amines is 1. The second-order valence-electron chi connectivity index (χ2n) is 23.5. The molecule has 0 unspecified atom stereocenters. The molecule has 11 N–H and O–H groups in total. The van der Waals surface area contributed by atoms with E-state index in [-0.39, 0.29) is 137 Å².